The van der Waals surface area contributed by atoms with Crippen molar-refractivity contribution in [3.8, 4) is 11.4 Å². The molecule has 0 aliphatic rings. The van der Waals surface area contributed by atoms with Gasteiger partial charge in [0.05, 0.1) is 5.75 Å². The van der Waals surface area contributed by atoms with Gasteiger partial charge in [0, 0.05) is 33.3 Å². The summed E-state index contributed by atoms with van der Waals surface area (Å²) in [5.41, 5.74) is 3.06. The molecule has 2 aromatic heterocycles. The minimum atomic E-state index is -0.0537. The number of carbonyl (C=O) groups is 1. The van der Waals surface area contributed by atoms with Crippen LogP contribution in [0.4, 0.5) is 5.69 Å². The molecule has 142 valence electrons. The summed E-state index contributed by atoms with van der Waals surface area (Å²) in [6.45, 7) is 4.83. The van der Waals surface area contributed by atoms with Crippen LogP contribution in [0.2, 0.25) is 0 Å². The molecule has 4 rings (SSSR count). The van der Waals surface area contributed by atoms with Crippen LogP contribution < -0.4 is 5.32 Å². The fourth-order valence-electron chi connectivity index (χ4n) is 2.99. The molecule has 0 fully saturated rings. The van der Waals surface area contributed by atoms with Crippen molar-refractivity contribution in [2.45, 2.75) is 25.5 Å². The molecule has 0 unspecified atom stereocenters. The third kappa shape index (κ3) is 3.81. The Morgan fingerprint density at radius 1 is 1.14 bits per heavy atom. The van der Waals surface area contributed by atoms with Crippen molar-refractivity contribution >= 4 is 44.8 Å². The number of thioether (sulfide) groups is 1. The monoisotopic (exact) mass is 408 g/mol. The smallest absolute Gasteiger partial charge is 0.234 e. The van der Waals surface area contributed by atoms with Crippen molar-refractivity contribution in [3.63, 3.8) is 0 Å². The predicted molar refractivity (Wildman–Crippen MR) is 117 cm³/mol. The number of nitrogens with zero attached hydrogens (tertiary/aromatic N) is 3. The number of aromatic nitrogens is 3. The topological polar surface area (TPSA) is 59.8 Å². The first kappa shape index (κ1) is 18.7. The first-order valence-electron chi connectivity index (χ1n) is 9.05. The molecule has 1 N–H and O–H groups in total. The third-order valence-electron chi connectivity index (χ3n) is 4.42. The van der Waals surface area contributed by atoms with E-state index in [1.54, 1.807) is 11.3 Å². The van der Waals surface area contributed by atoms with Crippen LogP contribution >= 0.6 is 23.1 Å². The number of amides is 1. The van der Waals surface area contributed by atoms with Crippen LogP contribution in [0.25, 0.3) is 21.5 Å². The Morgan fingerprint density at radius 2 is 1.93 bits per heavy atom. The number of thiophene rings is 1. The first-order chi connectivity index (χ1) is 13.7. The highest BCUT2D eigenvalue weighted by Crippen LogP contribution is 2.34. The summed E-state index contributed by atoms with van der Waals surface area (Å²) in [6, 6.07) is 16.1. The van der Waals surface area contributed by atoms with Gasteiger partial charge >= 0.3 is 0 Å². The van der Waals surface area contributed by atoms with E-state index in [-0.39, 0.29) is 11.7 Å². The molecule has 7 heteroatoms. The molecule has 0 radical (unpaired) electrons. The van der Waals surface area contributed by atoms with Gasteiger partial charge in [0.25, 0.3) is 0 Å². The second kappa shape index (κ2) is 8.16. The number of hydrogen-bond donors (Lipinski definition) is 1. The number of carbonyl (C=O) groups excluding carboxylic acids is 1. The van der Waals surface area contributed by atoms with E-state index in [9.17, 15) is 4.79 Å². The summed E-state index contributed by atoms with van der Waals surface area (Å²) >= 11 is 3.11. The Labute approximate surface area is 171 Å². The molecule has 4 aromatic rings. The third-order valence-corrected chi connectivity index (χ3v) is 6.35. The number of nitrogens with one attached hydrogen (secondary N) is 1. The van der Waals surface area contributed by atoms with Gasteiger partial charge in [-0.25, -0.2) is 0 Å². The maximum absolute atomic E-state index is 12.3. The SMILES string of the molecule is CCn1c(SCC(=O)Nc2ccc(C)cc2)nnc1-c1csc2ccccc12. The van der Waals surface area contributed by atoms with E-state index in [0.29, 0.717) is 0 Å². The molecule has 0 bridgehead atoms. The standard InChI is InChI=1S/C21H20N4OS2/c1-3-25-20(17-12-27-18-7-5-4-6-16(17)18)23-24-21(25)28-13-19(26)22-15-10-8-14(2)9-11-15/h4-12H,3,13H2,1-2H3,(H,22,26). The number of hydrogen-bond acceptors (Lipinski definition) is 5. The number of anilines is 1. The molecule has 1 amide bonds. The zero-order valence-electron chi connectivity index (χ0n) is 15.7. The summed E-state index contributed by atoms with van der Waals surface area (Å²) in [4.78, 5) is 12.3. The first-order valence-corrected chi connectivity index (χ1v) is 10.9. The average molecular weight is 409 g/mol. The molecular weight excluding hydrogens is 388 g/mol. The van der Waals surface area contributed by atoms with Crippen molar-refractivity contribution in [3.05, 3.63) is 59.5 Å². The van der Waals surface area contributed by atoms with Crippen LogP contribution in [0.15, 0.2) is 59.1 Å². The highest BCUT2D eigenvalue weighted by atomic mass is 32.2. The van der Waals surface area contributed by atoms with Gasteiger partial charge in [-0.15, -0.1) is 21.5 Å². The summed E-state index contributed by atoms with van der Waals surface area (Å²) < 4.78 is 3.30. The van der Waals surface area contributed by atoms with Crippen molar-refractivity contribution in [1.82, 2.24) is 14.8 Å². The molecule has 0 atom stereocenters. The van der Waals surface area contributed by atoms with Gasteiger partial charge in [-0.2, -0.15) is 0 Å². The lowest BCUT2D eigenvalue weighted by Crippen LogP contribution is -2.14. The molecule has 0 saturated carbocycles. The summed E-state index contributed by atoms with van der Waals surface area (Å²) in [5.74, 6) is 1.08. The van der Waals surface area contributed by atoms with Gasteiger partial charge in [0.1, 0.15) is 0 Å². The minimum absolute atomic E-state index is 0.0537. The Bertz CT molecular complexity index is 1120. The highest BCUT2D eigenvalue weighted by molar-refractivity contribution is 7.99. The van der Waals surface area contributed by atoms with Crippen LogP contribution in [0.3, 0.4) is 0 Å². The average Bonchev–Trinajstić information content (AvgIpc) is 3.31. The Kier molecular flexibility index (Phi) is 5.45. The normalized spacial score (nSPS) is 11.1. The molecule has 2 aromatic carbocycles. The quantitative estimate of drug-likeness (QED) is 0.445. The molecule has 2 heterocycles. The van der Waals surface area contributed by atoms with Gasteiger partial charge in [0.15, 0.2) is 11.0 Å². The van der Waals surface area contributed by atoms with Gasteiger partial charge in [0.2, 0.25) is 5.91 Å². The van der Waals surface area contributed by atoms with Gasteiger partial charge in [-0.05, 0) is 32.0 Å². The molecule has 0 saturated heterocycles. The lowest BCUT2D eigenvalue weighted by Gasteiger charge is -2.08. The molecule has 0 aliphatic heterocycles. The summed E-state index contributed by atoms with van der Waals surface area (Å²) in [5, 5.41) is 15.7. The second-order valence-corrected chi connectivity index (χ2v) is 8.25. The van der Waals surface area contributed by atoms with Crippen molar-refractivity contribution < 1.29 is 4.79 Å². The van der Waals surface area contributed by atoms with E-state index in [0.717, 1.165) is 34.3 Å². The Morgan fingerprint density at radius 3 is 2.71 bits per heavy atom. The Balaban J connectivity index is 1.50. The van der Waals surface area contributed by atoms with Crippen LogP contribution in [0, 0.1) is 6.92 Å². The second-order valence-electron chi connectivity index (χ2n) is 6.40. The van der Waals surface area contributed by atoms with Gasteiger partial charge < -0.3 is 9.88 Å². The molecule has 28 heavy (non-hydrogen) atoms. The number of benzene rings is 2. The highest BCUT2D eigenvalue weighted by Gasteiger charge is 2.17. The zero-order valence-corrected chi connectivity index (χ0v) is 17.3. The van der Waals surface area contributed by atoms with E-state index in [2.05, 4.69) is 44.5 Å². The summed E-state index contributed by atoms with van der Waals surface area (Å²) in [6.07, 6.45) is 0. The molecule has 0 aliphatic carbocycles. The molecular formula is C21H20N4OS2. The zero-order chi connectivity index (χ0) is 19.5. The molecule has 5 nitrogen and oxygen atoms in total. The fourth-order valence-corrected chi connectivity index (χ4v) is 4.74. The van der Waals surface area contributed by atoms with Crippen LogP contribution in [-0.2, 0) is 11.3 Å². The molecule has 0 spiro atoms. The predicted octanol–water partition coefficient (Wildman–Crippen LogP) is 5.22. The van der Waals surface area contributed by atoms with Crippen molar-refractivity contribution in [2.75, 3.05) is 11.1 Å². The van der Waals surface area contributed by atoms with Crippen LogP contribution in [0.5, 0.6) is 0 Å². The lowest BCUT2D eigenvalue weighted by molar-refractivity contribution is -0.113. The number of aryl methyl sites for hydroxylation is 1. The van der Waals surface area contributed by atoms with Gasteiger partial charge in [-0.3, -0.25) is 4.79 Å². The largest absolute Gasteiger partial charge is 0.325 e. The van der Waals surface area contributed by atoms with E-state index in [4.69, 9.17) is 0 Å². The van der Waals surface area contributed by atoms with E-state index < -0.39 is 0 Å². The van der Waals surface area contributed by atoms with Crippen molar-refractivity contribution in [2.24, 2.45) is 0 Å². The van der Waals surface area contributed by atoms with E-state index in [1.165, 1.54) is 21.8 Å². The lowest BCUT2D eigenvalue weighted by atomic mass is 10.1. The maximum Gasteiger partial charge on any atom is 0.234 e. The minimum Gasteiger partial charge on any atom is -0.325 e. The Hall–Kier alpha value is -2.64. The maximum atomic E-state index is 12.3. The summed E-state index contributed by atoms with van der Waals surface area (Å²) in [7, 11) is 0. The fraction of sp³-hybridized carbons (Fsp3) is 0.190. The van der Waals surface area contributed by atoms with Gasteiger partial charge in [-0.1, -0.05) is 47.7 Å². The van der Waals surface area contributed by atoms with Crippen LogP contribution in [-0.4, -0.2) is 26.4 Å². The van der Waals surface area contributed by atoms with E-state index in [1.807, 2.05) is 43.3 Å². The van der Waals surface area contributed by atoms with Crippen LogP contribution in [0.1, 0.15) is 12.5 Å². The number of fused-ring (bicyclic) bond motifs is 1. The van der Waals surface area contributed by atoms with E-state index >= 15 is 0 Å². The number of rotatable bonds is 6. The van der Waals surface area contributed by atoms with Crippen molar-refractivity contribution in [1.29, 1.82) is 0 Å².